The van der Waals surface area contributed by atoms with Crippen molar-refractivity contribution in [3.63, 3.8) is 0 Å². The molecule has 0 saturated heterocycles. The highest BCUT2D eigenvalue weighted by atomic mass is 16.5. The Bertz CT molecular complexity index is 3560. The standard InChI is InChI=1S/C71H81N5O/c1-66(2,3)47-30-32-72-63(41-47)76-60-26-20-19-25-56(60)57-29-28-55(43-62(57)76)77-54-24-21-23-53(42-54)74-44-75(61-27-22-31-73-65(61)74)64-58(45-33-48(67(4,5)6)37-49(34-45)68(7,8)9)39-52(71(16,17)18)40-59(64)46-35-50(69(10,11)12)38-51(36-46)70(13,14)15/h19-43H,44H2,1-18H3. The maximum absolute atomic E-state index is 6.91. The second kappa shape index (κ2) is 18.8. The fourth-order valence-corrected chi connectivity index (χ4v) is 10.7. The molecule has 0 aliphatic carbocycles. The van der Waals surface area contributed by atoms with Crippen LogP contribution in [0.1, 0.15) is 158 Å². The van der Waals surface area contributed by atoms with Gasteiger partial charge >= 0.3 is 0 Å². The Morgan fingerprint density at radius 2 is 0.909 bits per heavy atom. The highest BCUT2D eigenvalue weighted by molar-refractivity contribution is 6.09. The number of ether oxygens (including phenoxy) is 1. The van der Waals surface area contributed by atoms with E-state index in [2.05, 4.69) is 279 Å². The first kappa shape index (κ1) is 53.2. The Hall–Kier alpha value is -7.18. The molecule has 0 atom stereocenters. The van der Waals surface area contributed by atoms with E-state index in [9.17, 15) is 0 Å². The quantitative estimate of drug-likeness (QED) is 0.159. The number of fused-ring (bicyclic) bond motifs is 4. The highest BCUT2D eigenvalue weighted by Crippen LogP contribution is 2.52. The van der Waals surface area contributed by atoms with Crippen LogP contribution in [0.4, 0.5) is 22.9 Å². The summed E-state index contributed by atoms with van der Waals surface area (Å²) in [7, 11) is 0. The van der Waals surface area contributed by atoms with E-state index in [4.69, 9.17) is 14.7 Å². The van der Waals surface area contributed by atoms with Crippen LogP contribution in [0.15, 0.2) is 152 Å². The topological polar surface area (TPSA) is 46.4 Å². The molecule has 0 radical (unpaired) electrons. The molecule has 6 aromatic carbocycles. The number of rotatable bonds is 7. The average molecular weight is 1020 g/mol. The molecule has 4 heterocycles. The number of para-hydroxylation sites is 1. The van der Waals surface area contributed by atoms with Crippen LogP contribution in [-0.4, -0.2) is 21.2 Å². The molecule has 1 aliphatic heterocycles. The van der Waals surface area contributed by atoms with E-state index in [1.54, 1.807) is 0 Å². The molecule has 0 unspecified atom stereocenters. The first-order valence-electron chi connectivity index (χ1n) is 27.7. The van der Waals surface area contributed by atoms with Crippen LogP contribution in [0.3, 0.4) is 0 Å². The Labute approximate surface area is 460 Å². The third-order valence-electron chi connectivity index (χ3n) is 15.6. The maximum atomic E-state index is 6.91. The number of hydrogen-bond donors (Lipinski definition) is 0. The zero-order valence-corrected chi connectivity index (χ0v) is 49.3. The normalized spacial score (nSPS) is 13.7. The summed E-state index contributed by atoms with van der Waals surface area (Å²) < 4.78 is 9.18. The summed E-state index contributed by atoms with van der Waals surface area (Å²) in [6, 6.07) is 51.9. The van der Waals surface area contributed by atoms with Gasteiger partial charge in [0.15, 0.2) is 5.82 Å². The van der Waals surface area contributed by atoms with Gasteiger partial charge in [0.05, 0.1) is 22.4 Å². The number of nitrogens with zero attached hydrogens (tertiary/aromatic N) is 5. The third kappa shape index (κ3) is 10.4. The number of benzene rings is 6. The van der Waals surface area contributed by atoms with Crippen LogP contribution in [0, 0.1) is 0 Å². The van der Waals surface area contributed by atoms with Gasteiger partial charge in [0.1, 0.15) is 24.0 Å². The molecule has 77 heavy (non-hydrogen) atoms. The second-order valence-corrected chi connectivity index (χ2v) is 27.9. The van der Waals surface area contributed by atoms with Gasteiger partial charge < -0.3 is 14.5 Å². The molecule has 1 aliphatic rings. The Balaban J connectivity index is 1.14. The van der Waals surface area contributed by atoms with E-state index in [-0.39, 0.29) is 32.5 Å². The Kier molecular flexibility index (Phi) is 13.0. The minimum absolute atomic E-state index is 0.0258. The Morgan fingerprint density at radius 1 is 0.390 bits per heavy atom. The summed E-state index contributed by atoms with van der Waals surface area (Å²) in [5, 5.41) is 2.33. The van der Waals surface area contributed by atoms with E-state index in [0.29, 0.717) is 6.67 Å². The van der Waals surface area contributed by atoms with Crippen molar-refractivity contribution in [3.05, 3.63) is 185 Å². The molecule has 0 fully saturated rings. The molecule has 0 N–H and O–H groups in total. The fraction of sp³-hybridized carbons (Fsp3) is 0.352. The maximum Gasteiger partial charge on any atom is 0.158 e. The first-order valence-corrected chi connectivity index (χ1v) is 27.7. The Morgan fingerprint density at radius 3 is 1.47 bits per heavy atom. The zero-order valence-electron chi connectivity index (χ0n) is 49.3. The minimum atomic E-state index is -0.142. The number of aromatic nitrogens is 3. The van der Waals surface area contributed by atoms with Gasteiger partial charge in [-0.3, -0.25) is 4.57 Å². The molecule has 9 aromatic rings. The van der Waals surface area contributed by atoms with Crippen LogP contribution >= 0.6 is 0 Å². The summed E-state index contributed by atoms with van der Waals surface area (Å²) >= 11 is 0. The third-order valence-corrected chi connectivity index (χ3v) is 15.6. The SMILES string of the molecule is CC(C)(C)c1cc(-c2cc(C(C)(C)C)cc(-c3cc(C(C)(C)C)cc(C(C)(C)C)c3)c2N2CN(c3cccc(Oc4ccc5c6ccccc6n(-c6cc(C(C)(C)C)ccn6)c5c4)c3)c3ncccc32)cc(C(C)(C)C)c1. The van der Waals surface area contributed by atoms with Crippen molar-refractivity contribution in [2.24, 2.45) is 0 Å². The monoisotopic (exact) mass is 1020 g/mol. The molecular formula is C71H81N5O. The van der Waals surface area contributed by atoms with Crippen LogP contribution < -0.4 is 14.5 Å². The summed E-state index contributed by atoms with van der Waals surface area (Å²) in [4.78, 5) is 15.0. The molecule has 0 amide bonds. The molecule has 396 valence electrons. The van der Waals surface area contributed by atoms with Crippen molar-refractivity contribution >= 4 is 44.7 Å². The lowest BCUT2D eigenvalue weighted by Crippen LogP contribution is -2.26. The summed E-state index contributed by atoms with van der Waals surface area (Å²) in [6.45, 7) is 42.4. The molecule has 0 bridgehead atoms. The predicted octanol–water partition coefficient (Wildman–Crippen LogP) is 19.7. The van der Waals surface area contributed by atoms with Crippen LogP contribution in [0.5, 0.6) is 11.5 Å². The number of pyridine rings is 2. The van der Waals surface area contributed by atoms with Crippen LogP contribution in [0.2, 0.25) is 0 Å². The van der Waals surface area contributed by atoms with Gasteiger partial charge in [0, 0.05) is 52.1 Å². The molecule has 6 heteroatoms. The lowest BCUT2D eigenvalue weighted by atomic mass is 9.76. The van der Waals surface area contributed by atoms with Crippen LogP contribution in [0.25, 0.3) is 49.9 Å². The average Bonchev–Trinajstić information content (AvgIpc) is 4.12. The van der Waals surface area contributed by atoms with Crippen LogP contribution in [-0.2, 0) is 32.5 Å². The summed E-state index contributed by atoms with van der Waals surface area (Å²) in [5.74, 6) is 3.28. The van der Waals surface area contributed by atoms with Crippen molar-refractivity contribution < 1.29 is 4.74 Å². The van der Waals surface area contributed by atoms with Crippen molar-refractivity contribution in [1.29, 1.82) is 0 Å². The van der Waals surface area contributed by atoms with E-state index >= 15 is 0 Å². The minimum Gasteiger partial charge on any atom is -0.457 e. The molecular weight excluding hydrogens is 939 g/mol. The molecule has 0 saturated carbocycles. The molecule has 6 nitrogen and oxygen atoms in total. The highest BCUT2D eigenvalue weighted by Gasteiger charge is 2.35. The van der Waals surface area contributed by atoms with E-state index in [1.165, 1.54) is 66.7 Å². The fourth-order valence-electron chi connectivity index (χ4n) is 10.7. The van der Waals surface area contributed by atoms with Gasteiger partial charge in [-0.05, 0) is 144 Å². The van der Waals surface area contributed by atoms with E-state index < -0.39 is 0 Å². The van der Waals surface area contributed by atoms with Gasteiger partial charge in [-0.25, -0.2) is 9.97 Å². The van der Waals surface area contributed by atoms with E-state index in [1.807, 2.05) is 12.4 Å². The zero-order chi connectivity index (χ0) is 55.4. The predicted molar refractivity (Wildman–Crippen MR) is 328 cm³/mol. The molecule has 10 rings (SSSR count). The van der Waals surface area contributed by atoms with Gasteiger partial charge in [-0.1, -0.05) is 185 Å². The summed E-state index contributed by atoms with van der Waals surface area (Å²) in [5.41, 5.74) is 17.6. The van der Waals surface area contributed by atoms with Crippen molar-refractivity contribution in [2.45, 2.75) is 157 Å². The lowest BCUT2D eigenvalue weighted by molar-refractivity contribution is 0.483. The van der Waals surface area contributed by atoms with Crippen molar-refractivity contribution in [1.82, 2.24) is 14.5 Å². The first-order chi connectivity index (χ1) is 35.9. The van der Waals surface area contributed by atoms with Gasteiger partial charge in [0.2, 0.25) is 0 Å². The second-order valence-electron chi connectivity index (χ2n) is 27.9. The van der Waals surface area contributed by atoms with Gasteiger partial charge in [-0.15, -0.1) is 0 Å². The molecule has 3 aromatic heterocycles. The number of hydrogen-bond acceptors (Lipinski definition) is 5. The van der Waals surface area contributed by atoms with E-state index in [0.717, 1.165) is 50.9 Å². The largest absolute Gasteiger partial charge is 0.457 e. The van der Waals surface area contributed by atoms with Gasteiger partial charge in [0.25, 0.3) is 0 Å². The number of anilines is 4. The summed E-state index contributed by atoms with van der Waals surface area (Å²) in [6.07, 6.45) is 3.85. The van der Waals surface area contributed by atoms with Gasteiger partial charge in [-0.2, -0.15) is 0 Å². The lowest BCUT2D eigenvalue weighted by Gasteiger charge is -2.32. The smallest absolute Gasteiger partial charge is 0.158 e. The molecule has 0 spiro atoms. The van der Waals surface area contributed by atoms with Crippen molar-refractivity contribution in [2.75, 3.05) is 16.5 Å². The van der Waals surface area contributed by atoms with Crippen molar-refractivity contribution in [3.8, 4) is 39.6 Å².